The zero-order valence-electron chi connectivity index (χ0n) is 42.9. The molecule has 2 unspecified atom stereocenters. The van der Waals surface area contributed by atoms with Crippen LogP contribution in [-0.2, 0) is 9.59 Å². The van der Waals surface area contributed by atoms with E-state index in [0.717, 1.165) is 81.8 Å². The van der Waals surface area contributed by atoms with Crippen molar-refractivity contribution in [2.45, 2.75) is 233 Å². The Balaban J connectivity index is 2.53. The van der Waals surface area contributed by atoms with Crippen LogP contribution in [0.15, 0.2) is 53.6 Å². The fraction of sp³-hybridized carbons (Fsp3) is 0.737. The van der Waals surface area contributed by atoms with Crippen molar-refractivity contribution in [2.75, 3.05) is 32.7 Å². The Hall–Kier alpha value is -3.62. The number of nitrogens with zero attached hydrogens (tertiary/aromatic N) is 2. The van der Waals surface area contributed by atoms with Gasteiger partial charge in [-0.15, -0.1) is 0 Å². The Kier molecular flexibility index (Phi) is 41.3. The van der Waals surface area contributed by atoms with Crippen molar-refractivity contribution >= 4 is 23.9 Å². The van der Waals surface area contributed by atoms with E-state index in [9.17, 15) is 19.3 Å². The number of carbonyl (C=O) groups excluding carboxylic acids is 3. The summed E-state index contributed by atoms with van der Waals surface area (Å²) in [7, 11) is 0. The van der Waals surface area contributed by atoms with Crippen molar-refractivity contribution in [2.24, 2.45) is 10.9 Å². The van der Waals surface area contributed by atoms with E-state index >= 15 is 0 Å². The summed E-state index contributed by atoms with van der Waals surface area (Å²) in [4.78, 5) is 57.0. The second kappa shape index (κ2) is 45.2. The number of rotatable bonds is 46. The molecule has 0 aliphatic heterocycles. The first kappa shape index (κ1) is 60.4. The van der Waals surface area contributed by atoms with Crippen LogP contribution in [0.4, 0.5) is 0 Å². The first-order valence-corrected chi connectivity index (χ1v) is 27.3. The predicted octanol–water partition coefficient (Wildman–Crippen LogP) is 14.3. The van der Waals surface area contributed by atoms with Gasteiger partial charge >= 0.3 is 0 Å². The molecule has 0 aromatic heterocycles. The van der Waals surface area contributed by atoms with E-state index in [2.05, 4.69) is 79.4 Å². The normalized spacial score (nSPS) is 12.6. The minimum absolute atomic E-state index is 0.0865. The largest absolute Gasteiger partial charge is 0.352 e. The number of nitrogens with one attached hydrogen (secondary N) is 3. The number of benzene rings is 1. The summed E-state index contributed by atoms with van der Waals surface area (Å²) in [6, 6.07) is 6.43. The highest BCUT2D eigenvalue weighted by molar-refractivity contribution is 6.02. The van der Waals surface area contributed by atoms with Crippen molar-refractivity contribution in [3.8, 4) is 0 Å². The molecule has 9 heteroatoms. The summed E-state index contributed by atoms with van der Waals surface area (Å²) in [6.07, 6.45) is 48.9. The van der Waals surface area contributed by atoms with Gasteiger partial charge in [0.15, 0.2) is 12.6 Å². The van der Waals surface area contributed by atoms with E-state index in [4.69, 9.17) is 0 Å². The van der Waals surface area contributed by atoms with Crippen molar-refractivity contribution in [3.63, 3.8) is 0 Å². The Morgan fingerprint density at radius 2 is 1.15 bits per heavy atom. The average molecular weight is 918 g/mol. The zero-order valence-corrected chi connectivity index (χ0v) is 42.9. The lowest BCUT2D eigenvalue weighted by Gasteiger charge is -2.16. The number of amides is 3. The third kappa shape index (κ3) is 36.5. The molecule has 1 aromatic carbocycles. The van der Waals surface area contributed by atoms with Gasteiger partial charge in [-0.3, -0.25) is 19.4 Å². The fourth-order valence-electron chi connectivity index (χ4n) is 8.05. The third-order valence-corrected chi connectivity index (χ3v) is 12.5. The lowest BCUT2D eigenvalue weighted by Crippen LogP contribution is -2.51. The third-order valence-electron chi connectivity index (χ3n) is 12.5. The van der Waals surface area contributed by atoms with Gasteiger partial charge in [0, 0.05) is 52.9 Å². The second-order valence-electron chi connectivity index (χ2n) is 18.8. The predicted molar refractivity (Wildman–Crippen MR) is 281 cm³/mol. The molecular formula is C57H99N5O4. The molecule has 0 aliphatic rings. The van der Waals surface area contributed by atoms with Gasteiger partial charge in [-0.2, -0.15) is 12.8 Å². The number of hydrogen-bond donors (Lipinski definition) is 3. The van der Waals surface area contributed by atoms with Gasteiger partial charge in [-0.05, 0) is 76.7 Å². The lowest BCUT2D eigenvalue weighted by molar-refractivity contribution is -0.550. The molecule has 2 atom stereocenters. The molecule has 1 aromatic rings. The van der Waals surface area contributed by atoms with Crippen molar-refractivity contribution in [1.29, 1.82) is 0 Å². The smallest absolute Gasteiger partial charge is 0.251 e. The molecule has 0 fully saturated rings. The molecule has 0 spiro atoms. The number of aliphatic imine (C=N–C) groups is 1. The zero-order chi connectivity index (χ0) is 48.0. The van der Waals surface area contributed by atoms with Gasteiger partial charge in [0.05, 0.1) is 6.54 Å². The van der Waals surface area contributed by atoms with E-state index in [1.807, 2.05) is 18.2 Å². The highest BCUT2D eigenvalue weighted by atomic mass is 16.3. The van der Waals surface area contributed by atoms with Crippen LogP contribution >= 0.6 is 0 Å². The number of nitroso groups, excluding NO2 is 1. The topological polar surface area (TPSA) is 120 Å². The SMILES string of the molecule is C[CH-]C(C)CCCCNC(=O)c1ccccc1C=NCCNC(=O)C(C[N+](=O)CCCCCCCC/C=C\CCCCCCCC)NC(=O)CCCCCCC/C=C\CCCCCCCC. The summed E-state index contributed by atoms with van der Waals surface area (Å²) in [5.41, 5.74) is 1.27. The van der Waals surface area contributed by atoms with Gasteiger partial charge in [0.25, 0.3) is 5.91 Å². The molecule has 3 N–H and O–H groups in total. The van der Waals surface area contributed by atoms with Crippen LogP contribution in [0.5, 0.6) is 0 Å². The van der Waals surface area contributed by atoms with E-state index in [1.165, 1.54) is 116 Å². The minimum atomic E-state index is -0.941. The van der Waals surface area contributed by atoms with Crippen LogP contribution in [0.25, 0.3) is 0 Å². The highest BCUT2D eigenvalue weighted by Gasteiger charge is 2.27. The second-order valence-corrected chi connectivity index (χ2v) is 18.8. The molecule has 0 bridgehead atoms. The summed E-state index contributed by atoms with van der Waals surface area (Å²) < 4.78 is 0.936. The molecule has 3 amide bonds. The maximum atomic E-state index is 13.4. The molecule has 376 valence electrons. The maximum absolute atomic E-state index is 13.4. The Morgan fingerprint density at radius 1 is 0.636 bits per heavy atom. The molecular weight excluding hydrogens is 819 g/mol. The van der Waals surface area contributed by atoms with Crippen molar-refractivity contribution in [3.05, 3.63) is 71.0 Å². The molecule has 9 nitrogen and oxygen atoms in total. The lowest BCUT2D eigenvalue weighted by atomic mass is 10.0. The molecule has 66 heavy (non-hydrogen) atoms. The van der Waals surface area contributed by atoms with E-state index in [1.54, 1.807) is 12.3 Å². The van der Waals surface area contributed by atoms with Gasteiger partial charge in [0.1, 0.15) is 0 Å². The van der Waals surface area contributed by atoms with Crippen LogP contribution < -0.4 is 16.0 Å². The average Bonchev–Trinajstić information content (AvgIpc) is 3.32. The van der Waals surface area contributed by atoms with Gasteiger partial charge in [-0.25, -0.2) is 0 Å². The Bertz CT molecular complexity index is 1440. The quantitative estimate of drug-likeness (QED) is 0.0198. The molecule has 0 saturated heterocycles. The monoisotopic (exact) mass is 918 g/mol. The van der Waals surface area contributed by atoms with Crippen molar-refractivity contribution in [1.82, 2.24) is 16.0 Å². The highest BCUT2D eigenvalue weighted by Crippen LogP contribution is 2.14. The van der Waals surface area contributed by atoms with Crippen LogP contribution in [0.3, 0.4) is 0 Å². The Labute approximate surface area is 405 Å². The number of carbonyl (C=O) groups is 3. The summed E-state index contributed by atoms with van der Waals surface area (Å²) >= 11 is 0. The fourth-order valence-corrected chi connectivity index (χ4v) is 8.05. The summed E-state index contributed by atoms with van der Waals surface area (Å²) in [5.74, 6) is -0.117. The first-order chi connectivity index (χ1) is 32.3. The van der Waals surface area contributed by atoms with Crippen LogP contribution in [0.1, 0.15) is 243 Å². The van der Waals surface area contributed by atoms with Gasteiger partial charge in [0.2, 0.25) is 18.4 Å². The van der Waals surface area contributed by atoms with E-state index in [-0.39, 0.29) is 30.8 Å². The number of hydrogen-bond acceptors (Lipinski definition) is 5. The Morgan fingerprint density at radius 3 is 1.71 bits per heavy atom. The molecule has 0 aliphatic carbocycles. The van der Waals surface area contributed by atoms with E-state index < -0.39 is 6.04 Å². The van der Waals surface area contributed by atoms with Crippen molar-refractivity contribution < 1.29 is 19.1 Å². The first-order valence-electron chi connectivity index (χ1n) is 27.3. The van der Waals surface area contributed by atoms with Crippen LogP contribution in [0.2, 0.25) is 0 Å². The molecule has 1 rings (SSSR count). The molecule has 0 radical (unpaired) electrons. The standard InChI is InChI=1S/C57H99N5O4/c1-5-8-10-12-14-16-18-20-22-24-26-28-30-32-34-40-48-62(66)50-54(61-55(63)44-35-33-31-29-27-25-23-21-19-17-15-13-11-9-6-2)57(65)60-47-46-58-49-52-42-36-37-43-53(52)56(64)59-45-39-38-41-51(4)7-3/h7,20-23,36-37,42-43,49,51,54H,5-6,8-19,24-35,38-41,44-48,50H2,1-4H3,(H,59,64)(H,60,65)(H,61,63)/b22-20-,23-21-,58-49?. The van der Waals surface area contributed by atoms with Crippen LogP contribution in [0, 0.1) is 17.2 Å². The van der Waals surface area contributed by atoms with Gasteiger partial charge < -0.3 is 22.4 Å². The number of allylic oxidation sites excluding steroid dienone is 4. The molecule has 0 saturated carbocycles. The summed E-state index contributed by atoms with van der Waals surface area (Å²) in [6.45, 7) is 10.2. The van der Waals surface area contributed by atoms with E-state index in [0.29, 0.717) is 43.1 Å². The molecule has 0 heterocycles. The number of unbranched alkanes of at least 4 members (excludes halogenated alkanes) is 24. The van der Waals surface area contributed by atoms with Gasteiger partial charge in [-0.1, -0.05) is 179 Å². The minimum Gasteiger partial charge on any atom is -0.352 e. The summed E-state index contributed by atoms with van der Waals surface area (Å²) in [5, 5.41) is 8.80. The van der Waals surface area contributed by atoms with Crippen LogP contribution in [-0.4, -0.2) is 67.5 Å². The maximum Gasteiger partial charge on any atom is 0.251 e.